The fourth-order valence-corrected chi connectivity index (χ4v) is 3.26. The van der Waals surface area contributed by atoms with E-state index >= 15 is 0 Å². The molecule has 0 aliphatic heterocycles. The molecule has 0 atom stereocenters. The van der Waals surface area contributed by atoms with Gasteiger partial charge in [0.05, 0.1) is 11.7 Å². The topological polar surface area (TPSA) is 82.7 Å². The van der Waals surface area contributed by atoms with E-state index in [9.17, 15) is 14.4 Å². The summed E-state index contributed by atoms with van der Waals surface area (Å²) in [5.41, 5.74) is 3.53. The Hall–Kier alpha value is -3.09. The smallest absolute Gasteiger partial charge is 0.340 e. The van der Waals surface area contributed by atoms with E-state index in [1.165, 1.54) is 4.90 Å². The number of hydrogen-bond donors (Lipinski definition) is 1. The Kier molecular flexibility index (Phi) is 7.43. The van der Waals surface area contributed by atoms with Crippen molar-refractivity contribution >= 4 is 17.8 Å². The van der Waals surface area contributed by atoms with Crippen LogP contribution < -0.4 is 0 Å². The lowest BCUT2D eigenvalue weighted by Crippen LogP contribution is -2.31. The van der Waals surface area contributed by atoms with Gasteiger partial charge in [0.15, 0.2) is 0 Å². The van der Waals surface area contributed by atoms with Crippen molar-refractivity contribution in [3.63, 3.8) is 0 Å². The number of hydrogen-bond acceptors (Lipinski definition) is 4. The van der Waals surface area contributed by atoms with Crippen LogP contribution in [0.25, 0.3) is 0 Å². The molecule has 162 valence electrons. The van der Waals surface area contributed by atoms with Crippen LogP contribution in [0.2, 0.25) is 0 Å². The van der Waals surface area contributed by atoms with Gasteiger partial charge >= 0.3 is 5.97 Å². The Balaban J connectivity index is 2.23. The summed E-state index contributed by atoms with van der Waals surface area (Å²) in [5, 5.41) is 0. The first kappa shape index (κ1) is 23.2. The minimum absolute atomic E-state index is 0.0664. The zero-order valence-corrected chi connectivity index (χ0v) is 18.8. The second-order valence-electron chi connectivity index (χ2n) is 7.79. The second kappa shape index (κ2) is 9.61. The van der Waals surface area contributed by atoms with Crippen molar-refractivity contribution in [2.75, 3.05) is 20.6 Å². The molecule has 30 heavy (non-hydrogen) atoms. The molecule has 7 nitrogen and oxygen atoms in total. The molecule has 0 saturated heterocycles. The maximum absolute atomic E-state index is 13.2. The highest BCUT2D eigenvalue weighted by atomic mass is 16.5. The van der Waals surface area contributed by atoms with Crippen LogP contribution in [0.4, 0.5) is 0 Å². The van der Waals surface area contributed by atoms with Crippen LogP contribution in [0.3, 0.4) is 0 Å². The molecule has 1 heterocycles. The molecule has 0 radical (unpaired) electrons. The number of nitrogens with one attached hydrogen (secondary N) is 1. The van der Waals surface area contributed by atoms with Gasteiger partial charge in [-0.3, -0.25) is 9.59 Å². The molecule has 7 heteroatoms. The fraction of sp³-hybridized carbons (Fsp3) is 0.435. The Morgan fingerprint density at radius 2 is 1.63 bits per heavy atom. The van der Waals surface area contributed by atoms with Crippen LogP contribution in [0.1, 0.15) is 68.8 Å². The van der Waals surface area contributed by atoms with Crippen LogP contribution in [0.15, 0.2) is 24.3 Å². The van der Waals surface area contributed by atoms with Gasteiger partial charge in [-0.2, -0.15) is 0 Å². The summed E-state index contributed by atoms with van der Waals surface area (Å²) in [6.45, 7) is 9.89. The molecule has 1 N–H and O–H groups in total. The third-order valence-corrected chi connectivity index (χ3v) is 4.85. The number of amides is 2. The van der Waals surface area contributed by atoms with Gasteiger partial charge in [0.25, 0.3) is 11.8 Å². The van der Waals surface area contributed by atoms with Gasteiger partial charge in [-0.1, -0.05) is 12.1 Å². The SMILES string of the molecule is CCN(Cc1ccc(C(=O)N(C)C)cc1)C(=O)c1[nH]c(C)c(C(=O)OC(C)C)c1C. The summed E-state index contributed by atoms with van der Waals surface area (Å²) < 4.78 is 5.31. The van der Waals surface area contributed by atoms with E-state index in [2.05, 4.69) is 4.98 Å². The summed E-state index contributed by atoms with van der Waals surface area (Å²) >= 11 is 0. The van der Waals surface area contributed by atoms with Gasteiger partial charge in [0.1, 0.15) is 5.69 Å². The summed E-state index contributed by atoms with van der Waals surface area (Å²) in [6.07, 6.45) is -0.236. The molecule has 2 rings (SSSR count). The Morgan fingerprint density at radius 3 is 2.13 bits per heavy atom. The van der Waals surface area contributed by atoms with E-state index in [0.29, 0.717) is 41.2 Å². The zero-order chi connectivity index (χ0) is 22.6. The lowest BCUT2D eigenvalue weighted by molar-refractivity contribution is 0.0376. The van der Waals surface area contributed by atoms with E-state index < -0.39 is 5.97 Å². The first-order valence-electron chi connectivity index (χ1n) is 10.1. The van der Waals surface area contributed by atoms with E-state index in [-0.39, 0.29) is 17.9 Å². The number of carbonyl (C=O) groups excluding carboxylic acids is 3. The third-order valence-electron chi connectivity index (χ3n) is 4.85. The minimum Gasteiger partial charge on any atom is -0.459 e. The molecule has 2 aromatic rings. The number of aromatic nitrogens is 1. The highest BCUT2D eigenvalue weighted by molar-refractivity contribution is 6.00. The lowest BCUT2D eigenvalue weighted by atomic mass is 10.1. The average molecular weight is 414 g/mol. The number of H-pyrrole nitrogens is 1. The van der Waals surface area contributed by atoms with Crippen LogP contribution >= 0.6 is 0 Å². The van der Waals surface area contributed by atoms with Crippen molar-refractivity contribution < 1.29 is 19.1 Å². The highest BCUT2D eigenvalue weighted by Gasteiger charge is 2.26. The summed E-state index contributed by atoms with van der Waals surface area (Å²) in [4.78, 5) is 43.9. The largest absolute Gasteiger partial charge is 0.459 e. The number of aromatic amines is 1. The van der Waals surface area contributed by atoms with Crippen molar-refractivity contribution in [2.45, 2.75) is 47.3 Å². The molecule has 1 aromatic carbocycles. The van der Waals surface area contributed by atoms with E-state index in [1.807, 2.05) is 19.1 Å². The number of rotatable bonds is 7. The summed E-state index contributed by atoms with van der Waals surface area (Å²) in [5.74, 6) is -0.682. The maximum Gasteiger partial charge on any atom is 0.340 e. The zero-order valence-electron chi connectivity index (χ0n) is 18.8. The highest BCUT2D eigenvalue weighted by Crippen LogP contribution is 2.22. The Morgan fingerprint density at radius 1 is 1.03 bits per heavy atom. The van der Waals surface area contributed by atoms with Gasteiger partial charge in [0.2, 0.25) is 0 Å². The molecule has 0 spiro atoms. The average Bonchev–Trinajstić information content (AvgIpc) is 2.99. The molecule has 2 amide bonds. The molecule has 0 fully saturated rings. The number of nitrogens with zero attached hydrogens (tertiary/aromatic N) is 2. The first-order chi connectivity index (χ1) is 14.1. The number of aryl methyl sites for hydroxylation is 1. The molecular formula is C23H31N3O4. The van der Waals surface area contributed by atoms with Gasteiger partial charge < -0.3 is 19.5 Å². The predicted molar refractivity (Wildman–Crippen MR) is 116 cm³/mol. The minimum atomic E-state index is -0.431. The Labute approximate surface area is 178 Å². The summed E-state index contributed by atoms with van der Waals surface area (Å²) in [6, 6.07) is 7.23. The quantitative estimate of drug-likeness (QED) is 0.704. The number of carbonyl (C=O) groups is 3. The van der Waals surface area contributed by atoms with Crippen molar-refractivity contribution in [1.82, 2.24) is 14.8 Å². The van der Waals surface area contributed by atoms with Crippen molar-refractivity contribution in [3.8, 4) is 0 Å². The van der Waals surface area contributed by atoms with Gasteiger partial charge in [-0.05, 0) is 57.9 Å². The standard InChI is InChI=1S/C23H31N3O4/c1-8-26(13-17-9-11-18(12-10-17)21(27)25(6)7)22(28)20-15(4)19(16(5)24-20)23(29)30-14(2)3/h9-12,14,24H,8,13H2,1-7H3. The molecular weight excluding hydrogens is 382 g/mol. The third kappa shape index (κ3) is 5.09. The number of esters is 1. The van der Waals surface area contributed by atoms with Crippen molar-refractivity contribution in [2.24, 2.45) is 0 Å². The van der Waals surface area contributed by atoms with Crippen molar-refractivity contribution in [1.29, 1.82) is 0 Å². The normalized spacial score (nSPS) is 10.8. The molecule has 0 aliphatic carbocycles. The van der Waals surface area contributed by atoms with Gasteiger partial charge in [-0.15, -0.1) is 0 Å². The van der Waals surface area contributed by atoms with Crippen LogP contribution in [-0.2, 0) is 11.3 Å². The van der Waals surface area contributed by atoms with Gasteiger partial charge in [-0.25, -0.2) is 4.79 Å². The molecule has 0 aliphatic rings. The Bertz CT molecular complexity index is 927. The van der Waals surface area contributed by atoms with Crippen LogP contribution in [0, 0.1) is 13.8 Å². The number of benzene rings is 1. The van der Waals surface area contributed by atoms with Gasteiger partial charge in [0, 0.05) is 38.4 Å². The first-order valence-corrected chi connectivity index (χ1v) is 10.1. The van der Waals surface area contributed by atoms with Crippen LogP contribution in [0.5, 0.6) is 0 Å². The molecule has 0 unspecified atom stereocenters. The van der Waals surface area contributed by atoms with Crippen molar-refractivity contribution in [3.05, 3.63) is 57.9 Å². The van der Waals surface area contributed by atoms with Crippen LogP contribution in [-0.4, -0.2) is 59.3 Å². The predicted octanol–water partition coefficient (Wildman–Crippen LogP) is 3.56. The molecule has 0 saturated carbocycles. The monoisotopic (exact) mass is 413 g/mol. The van der Waals surface area contributed by atoms with E-state index in [4.69, 9.17) is 4.74 Å². The van der Waals surface area contributed by atoms with E-state index in [0.717, 1.165) is 5.56 Å². The lowest BCUT2D eigenvalue weighted by Gasteiger charge is -2.21. The fourth-order valence-electron chi connectivity index (χ4n) is 3.26. The number of ether oxygens (including phenoxy) is 1. The second-order valence-corrected chi connectivity index (χ2v) is 7.79. The maximum atomic E-state index is 13.2. The molecule has 1 aromatic heterocycles. The summed E-state index contributed by atoms with van der Waals surface area (Å²) in [7, 11) is 3.42. The molecule has 0 bridgehead atoms. The van der Waals surface area contributed by atoms with E-state index in [1.54, 1.807) is 58.8 Å².